The number of allylic oxidation sites excluding steroid dienone is 1. The number of thioether (sulfide) groups is 1. The van der Waals surface area contributed by atoms with Gasteiger partial charge in [0.15, 0.2) is 0 Å². The van der Waals surface area contributed by atoms with Crippen LogP contribution in [-0.4, -0.2) is 64.6 Å². The molecule has 6 atom stereocenters. The highest BCUT2D eigenvalue weighted by Gasteiger charge is 2.65. The van der Waals surface area contributed by atoms with Gasteiger partial charge in [0.2, 0.25) is 11.7 Å². The number of hydrogen-bond acceptors (Lipinski definition) is 9. The third kappa shape index (κ3) is 11.1. The van der Waals surface area contributed by atoms with Gasteiger partial charge >= 0.3 is 0 Å². The van der Waals surface area contributed by atoms with Crippen molar-refractivity contribution in [2.75, 3.05) is 26.1 Å². The Morgan fingerprint density at radius 1 is 0.871 bits per heavy atom. The van der Waals surface area contributed by atoms with Gasteiger partial charge in [-0.05, 0) is 126 Å². The Labute approximate surface area is 418 Å². The van der Waals surface area contributed by atoms with E-state index >= 15 is 4.79 Å². The van der Waals surface area contributed by atoms with E-state index in [1.165, 1.54) is 12.8 Å². The number of unbranched alkanes of at least 4 members (excludes halogenated alkanes) is 2. The molecule has 1 aliphatic heterocycles. The minimum Gasteiger partial charge on any atom is -0.459 e. The van der Waals surface area contributed by atoms with Crippen molar-refractivity contribution in [1.82, 2.24) is 4.90 Å². The van der Waals surface area contributed by atoms with Crippen LogP contribution >= 0.6 is 11.8 Å². The zero-order chi connectivity index (χ0) is 48.3. The van der Waals surface area contributed by atoms with Crippen molar-refractivity contribution in [3.05, 3.63) is 156 Å². The molecule has 2 fully saturated rings. The third-order valence-corrected chi connectivity index (χ3v) is 16.1. The molecule has 0 bridgehead atoms. The third-order valence-electron chi connectivity index (χ3n) is 15.3. The van der Waals surface area contributed by atoms with E-state index in [1.54, 1.807) is 17.8 Å². The fourth-order valence-electron chi connectivity index (χ4n) is 12.0. The number of aliphatic hydroxyl groups excluding tert-OH is 2. The van der Waals surface area contributed by atoms with Crippen LogP contribution in [0.25, 0.3) is 10.8 Å². The SMILES string of the molecule is C=CCO[C@@]12Oc3ccc(Oc4ccc(SC)cc4)cc3[C@H]3[C@H](CCCCO)[C@@H](CCCCO)C=C(C(=NOCc4ccccc4)C[C@@H]1N(Cc1cccc4ccccc14)C(=O)CCC1CCCC1)[C@H]32. The summed E-state index contributed by atoms with van der Waals surface area (Å²) >= 11 is 1.69. The first-order valence-electron chi connectivity index (χ1n) is 25.7. The van der Waals surface area contributed by atoms with E-state index in [0.29, 0.717) is 49.6 Å². The first kappa shape index (κ1) is 49.6. The quantitative estimate of drug-likeness (QED) is 0.0288. The van der Waals surface area contributed by atoms with Crippen molar-refractivity contribution in [3.63, 3.8) is 0 Å². The van der Waals surface area contributed by atoms with E-state index in [1.807, 2.05) is 54.6 Å². The first-order valence-corrected chi connectivity index (χ1v) is 27.0. The van der Waals surface area contributed by atoms with Crippen molar-refractivity contribution in [1.29, 1.82) is 0 Å². The number of aliphatic hydroxyl groups is 2. The second-order valence-corrected chi connectivity index (χ2v) is 20.5. The molecule has 1 heterocycles. The standard InChI is InChI=1S/C60H70N2O7S/c1-3-36-66-60-56(62(57(65)33-26-42-16-7-8-17-42)40-46-23-15-22-44-20-9-10-24-50(44)46)39-54(61-67-41-43-18-5-4-6-19-43)52-37-45(21-11-13-34-63)51(25-12-14-35-64)58(59(52)60)53-38-48(29-32-55(53)69-60)68-47-27-30-49(70-2)31-28-47/h3-6,9-10,15,18-20,22-24,27-32,37-38,42,45,51,56,58-59,63-64H,1,7-8,11-14,16-17,21,25-26,33-36,39-41H2,2H3/t45-,51+,56-,58+,59+,60+/m0/s1. The number of amides is 1. The number of oxime groups is 1. The van der Waals surface area contributed by atoms with Gasteiger partial charge < -0.3 is 34.2 Å². The minimum absolute atomic E-state index is 0.0720. The second-order valence-electron chi connectivity index (χ2n) is 19.7. The number of fused-ring (bicyclic) bond motifs is 3. The van der Waals surface area contributed by atoms with Crippen LogP contribution in [0.1, 0.15) is 106 Å². The predicted molar refractivity (Wildman–Crippen MR) is 280 cm³/mol. The van der Waals surface area contributed by atoms with Crippen LogP contribution in [0.4, 0.5) is 0 Å². The summed E-state index contributed by atoms with van der Waals surface area (Å²) in [6.07, 6.45) is 17.4. The molecule has 368 valence electrons. The molecule has 9 nitrogen and oxygen atoms in total. The first-order chi connectivity index (χ1) is 34.4. The Balaban J connectivity index is 1.24. The summed E-state index contributed by atoms with van der Waals surface area (Å²) < 4.78 is 21.7. The molecule has 5 aromatic carbocycles. The lowest BCUT2D eigenvalue weighted by Crippen LogP contribution is -2.70. The lowest BCUT2D eigenvalue weighted by molar-refractivity contribution is -0.258. The van der Waals surface area contributed by atoms with Crippen molar-refractivity contribution in [3.8, 4) is 17.2 Å². The van der Waals surface area contributed by atoms with E-state index in [-0.39, 0.29) is 50.1 Å². The van der Waals surface area contributed by atoms with E-state index < -0.39 is 17.7 Å². The molecular weight excluding hydrogens is 893 g/mol. The Morgan fingerprint density at radius 3 is 2.39 bits per heavy atom. The van der Waals surface area contributed by atoms with E-state index in [0.717, 1.165) is 94.3 Å². The summed E-state index contributed by atoms with van der Waals surface area (Å²) in [6, 6.07) is 38.5. The highest BCUT2D eigenvalue weighted by molar-refractivity contribution is 7.98. The molecule has 0 spiro atoms. The monoisotopic (exact) mass is 962 g/mol. The van der Waals surface area contributed by atoms with Gasteiger partial charge in [-0.2, -0.15) is 0 Å². The van der Waals surface area contributed by atoms with Crippen LogP contribution in [-0.2, 0) is 27.5 Å². The van der Waals surface area contributed by atoms with Crippen LogP contribution in [0.2, 0.25) is 0 Å². The molecule has 10 heteroatoms. The maximum atomic E-state index is 15.6. The van der Waals surface area contributed by atoms with Gasteiger partial charge in [0.1, 0.15) is 29.9 Å². The summed E-state index contributed by atoms with van der Waals surface area (Å²) in [4.78, 5) is 25.2. The molecule has 9 rings (SSSR count). The number of rotatable bonds is 23. The van der Waals surface area contributed by atoms with Crippen molar-refractivity contribution < 1.29 is 34.1 Å². The summed E-state index contributed by atoms with van der Waals surface area (Å²) in [6.45, 7) is 5.23. The van der Waals surface area contributed by atoms with Gasteiger partial charge in [-0.25, -0.2) is 0 Å². The number of carbonyl (C=O) groups is 1. The topological polar surface area (TPSA) is 110 Å². The number of ether oxygens (including phenoxy) is 3. The normalized spacial score (nSPS) is 23.3. The molecule has 1 amide bonds. The van der Waals surface area contributed by atoms with Gasteiger partial charge in [-0.1, -0.05) is 129 Å². The summed E-state index contributed by atoms with van der Waals surface area (Å²) in [5, 5.41) is 27.6. The van der Waals surface area contributed by atoms with Crippen molar-refractivity contribution in [2.24, 2.45) is 28.8 Å². The Bertz CT molecular complexity index is 2590. The average Bonchev–Trinajstić information content (AvgIpc) is 3.93. The van der Waals surface area contributed by atoms with Gasteiger partial charge in [0.25, 0.3) is 0 Å². The maximum absolute atomic E-state index is 15.6. The number of hydrogen-bond donors (Lipinski definition) is 2. The Morgan fingerprint density at radius 2 is 1.61 bits per heavy atom. The fourth-order valence-corrected chi connectivity index (χ4v) is 12.4. The Hall–Kier alpha value is -5.39. The predicted octanol–water partition coefficient (Wildman–Crippen LogP) is 13.2. The number of carbonyl (C=O) groups excluding carboxylic acids is 1. The fraction of sp³-hybridized carbons (Fsp3) is 0.433. The molecule has 5 aromatic rings. The van der Waals surface area contributed by atoms with Crippen LogP contribution in [0.3, 0.4) is 0 Å². The summed E-state index contributed by atoms with van der Waals surface area (Å²) in [7, 11) is 0. The molecule has 2 saturated carbocycles. The number of nitrogens with zero attached hydrogens (tertiary/aromatic N) is 2. The molecular formula is C60H70N2O7S. The van der Waals surface area contributed by atoms with Gasteiger partial charge in [-0.3, -0.25) is 4.79 Å². The summed E-state index contributed by atoms with van der Waals surface area (Å²) in [5.74, 6) is 0.952. The highest BCUT2D eigenvalue weighted by Crippen LogP contribution is 2.62. The lowest BCUT2D eigenvalue weighted by Gasteiger charge is -2.60. The molecule has 4 aliphatic rings. The zero-order valence-corrected chi connectivity index (χ0v) is 41.6. The van der Waals surface area contributed by atoms with Crippen LogP contribution in [0, 0.1) is 23.7 Å². The Kier molecular flexibility index (Phi) is 16.8. The van der Waals surface area contributed by atoms with Crippen LogP contribution in [0.5, 0.6) is 17.2 Å². The van der Waals surface area contributed by atoms with E-state index in [4.69, 9.17) is 24.2 Å². The zero-order valence-electron chi connectivity index (χ0n) is 40.8. The van der Waals surface area contributed by atoms with Gasteiger partial charge in [0.05, 0.1) is 18.2 Å². The lowest BCUT2D eigenvalue weighted by atomic mass is 9.55. The molecule has 70 heavy (non-hydrogen) atoms. The minimum atomic E-state index is -1.37. The van der Waals surface area contributed by atoms with Gasteiger partial charge in [-0.15, -0.1) is 18.3 Å². The largest absolute Gasteiger partial charge is 0.459 e. The molecule has 2 N–H and O–H groups in total. The van der Waals surface area contributed by atoms with Crippen molar-refractivity contribution in [2.45, 2.75) is 119 Å². The van der Waals surface area contributed by atoms with Gasteiger partial charge in [0, 0.05) is 49.0 Å². The van der Waals surface area contributed by atoms with Crippen LogP contribution in [0.15, 0.2) is 150 Å². The molecule has 0 radical (unpaired) electrons. The maximum Gasteiger partial charge on any atom is 0.239 e. The molecule has 0 saturated heterocycles. The van der Waals surface area contributed by atoms with E-state index in [9.17, 15) is 10.2 Å². The van der Waals surface area contributed by atoms with E-state index in [2.05, 4.69) is 84.5 Å². The smallest absolute Gasteiger partial charge is 0.239 e. The molecule has 3 aliphatic carbocycles. The second kappa shape index (κ2) is 23.7. The van der Waals surface area contributed by atoms with Crippen molar-refractivity contribution >= 4 is 34.2 Å². The highest BCUT2D eigenvalue weighted by atomic mass is 32.2. The molecule has 0 aromatic heterocycles. The number of benzene rings is 5. The summed E-state index contributed by atoms with van der Waals surface area (Å²) in [5.41, 5.74) is 4.88. The average molecular weight is 963 g/mol. The molecule has 0 unspecified atom stereocenters. The van der Waals surface area contributed by atoms with Crippen LogP contribution < -0.4 is 9.47 Å².